The highest BCUT2D eigenvalue weighted by molar-refractivity contribution is 5.98. The third kappa shape index (κ3) is 5.22. The zero-order valence-corrected chi connectivity index (χ0v) is 11.5. The third-order valence-corrected chi connectivity index (χ3v) is 2.83. The van der Waals surface area contributed by atoms with E-state index in [1.54, 1.807) is 24.3 Å². The van der Waals surface area contributed by atoms with E-state index in [2.05, 4.69) is 0 Å². The van der Waals surface area contributed by atoms with Gasteiger partial charge in [-0.05, 0) is 6.42 Å². The molecule has 1 amide bonds. The monoisotopic (exact) mass is 277 g/mol. The van der Waals surface area contributed by atoms with Crippen molar-refractivity contribution in [3.8, 4) is 0 Å². The molecule has 108 valence electrons. The van der Waals surface area contributed by atoms with E-state index in [1.165, 1.54) is 4.90 Å². The van der Waals surface area contributed by atoms with Crippen molar-refractivity contribution in [1.82, 2.24) is 4.90 Å². The van der Waals surface area contributed by atoms with E-state index in [0.717, 1.165) is 0 Å². The van der Waals surface area contributed by atoms with Crippen molar-refractivity contribution in [1.29, 1.82) is 0 Å². The van der Waals surface area contributed by atoms with Crippen LogP contribution >= 0.6 is 0 Å². The van der Waals surface area contributed by atoms with Gasteiger partial charge in [0.1, 0.15) is 6.54 Å². The molecule has 1 aromatic carbocycles. The number of Topliss-reactive ketones (excluding diaryl/α,β-unsaturated/α-hetero) is 1. The van der Waals surface area contributed by atoms with Crippen LogP contribution in [0.15, 0.2) is 30.3 Å². The number of rotatable bonds is 8. The topological polar surface area (TPSA) is 74.7 Å². The van der Waals surface area contributed by atoms with E-state index in [1.807, 2.05) is 13.0 Å². The Labute approximate surface area is 118 Å². The fourth-order valence-corrected chi connectivity index (χ4v) is 1.87. The van der Waals surface area contributed by atoms with Crippen molar-refractivity contribution in [2.45, 2.75) is 26.2 Å². The first-order valence-electron chi connectivity index (χ1n) is 6.62. The SMILES string of the molecule is CCCN(CC(=O)O)C(=O)CCC(=O)c1ccccc1. The van der Waals surface area contributed by atoms with Crippen LogP contribution in [0.25, 0.3) is 0 Å². The number of aliphatic carboxylic acids is 1. The zero-order chi connectivity index (χ0) is 15.0. The van der Waals surface area contributed by atoms with Crippen LogP contribution in [-0.4, -0.2) is 40.8 Å². The summed E-state index contributed by atoms with van der Waals surface area (Å²) in [5, 5.41) is 8.75. The predicted molar refractivity (Wildman–Crippen MR) is 74.5 cm³/mol. The molecule has 0 aliphatic heterocycles. The Morgan fingerprint density at radius 2 is 1.75 bits per heavy atom. The molecule has 1 aromatic rings. The minimum Gasteiger partial charge on any atom is -0.480 e. The van der Waals surface area contributed by atoms with Gasteiger partial charge in [0.2, 0.25) is 5.91 Å². The number of nitrogens with zero attached hydrogens (tertiary/aromatic N) is 1. The van der Waals surface area contributed by atoms with Gasteiger partial charge >= 0.3 is 5.97 Å². The molecule has 5 heteroatoms. The van der Waals surface area contributed by atoms with E-state index in [0.29, 0.717) is 18.5 Å². The number of carboxylic acids is 1. The fraction of sp³-hybridized carbons (Fsp3) is 0.400. The van der Waals surface area contributed by atoms with Crippen LogP contribution in [0.3, 0.4) is 0 Å². The Kier molecular flexibility index (Phi) is 6.43. The van der Waals surface area contributed by atoms with Crippen LogP contribution in [0, 0.1) is 0 Å². The summed E-state index contributed by atoms with van der Waals surface area (Å²) in [7, 11) is 0. The van der Waals surface area contributed by atoms with Gasteiger partial charge in [-0.25, -0.2) is 0 Å². The molecule has 20 heavy (non-hydrogen) atoms. The number of amides is 1. The van der Waals surface area contributed by atoms with Crippen LogP contribution in [0.1, 0.15) is 36.5 Å². The molecule has 0 atom stereocenters. The summed E-state index contributed by atoms with van der Waals surface area (Å²) < 4.78 is 0. The average molecular weight is 277 g/mol. The molecule has 0 fully saturated rings. The molecular formula is C15H19NO4. The highest BCUT2D eigenvalue weighted by Gasteiger charge is 2.17. The largest absolute Gasteiger partial charge is 0.480 e. The average Bonchev–Trinajstić information content (AvgIpc) is 2.44. The van der Waals surface area contributed by atoms with Crippen LogP contribution in [0.2, 0.25) is 0 Å². The first-order valence-corrected chi connectivity index (χ1v) is 6.62. The number of benzene rings is 1. The lowest BCUT2D eigenvalue weighted by molar-refractivity contribution is -0.144. The second-order valence-corrected chi connectivity index (χ2v) is 4.50. The summed E-state index contributed by atoms with van der Waals surface area (Å²) >= 11 is 0. The van der Waals surface area contributed by atoms with Gasteiger partial charge < -0.3 is 10.0 Å². The summed E-state index contributed by atoms with van der Waals surface area (Å²) in [5.74, 6) is -1.44. The lowest BCUT2D eigenvalue weighted by Crippen LogP contribution is -2.36. The van der Waals surface area contributed by atoms with Gasteiger partial charge in [0.15, 0.2) is 5.78 Å². The van der Waals surface area contributed by atoms with E-state index >= 15 is 0 Å². The van der Waals surface area contributed by atoms with E-state index in [9.17, 15) is 14.4 Å². The van der Waals surface area contributed by atoms with Crippen LogP contribution in [0.4, 0.5) is 0 Å². The van der Waals surface area contributed by atoms with Gasteiger partial charge in [-0.2, -0.15) is 0 Å². The molecule has 0 saturated carbocycles. The predicted octanol–water partition coefficient (Wildman–Crippen LogP) is 1.97. The molecule has 0 aromatic heterocycles. The van der Waals surface area contributed by atoms with Crippen molar-refractivity contribution in [3.63, 3.8) is 0 Å². The van der Waals surface area contributed by atoms with Gasteiger partial charge in [-0.1, -0.05) is 37.3 Å². The molecule has 0 bridgehead atoms. The smallest absolute Gasteiger partial charge is 0.323 e. The lowest BCUT2D eigenvalue weighted by Gasteiger charge is -2.19. The molecule has 0 unspecified atom stereocenters. The lowest BCUT2D eigenvalue weighted by atomic mass is 10.1. The van der Waals surface area contributed by atoms with Crippen LogP contribution in [0.5, 0.6) is 0 Å². The maximum Gasteiger partial charge on any atom is 0.323 e. The maximum atomic E-state index is 11.9. The minimum absolute atomic E-state index is 0.0427. The Morgan fingerprint density at radius 1 is 1.10 bits per heavy atom. The molecule has 0 spiro atoms. The van der Waals surface area contributed by atoms with Gasteiger partial charge in [0.25, 0.3) is 0 Å². The molecule has 1 rings (SSSR count). The Hall–Kier alpha value is -2.17. The van der Waals surface area contributed by atoms with Crippen molar-refractivity contribution in [2.75, 3.05) is 13.1 Å². The van der Waals surface area contributed by atoms with Crippen molar-refractivity contribution < 1.29 is 19.5 Å². The second-order valence-electron chi connectivity index (χ2n) is 4.50. The molecule has 0 saturated heterocycles. The first-order chi connectivity index (χ1) is 9.54. The summed E-state index contributed by atoms with van der Waals surface area (Å²) in [6.45, 7) is 1.95. The van der Waals surface area contributed by atoms with Gasteiger partial charge in [-0.3, -0.25) is 14.4 Å². The third-order valence-electron chi connectivity index (χ3n) is 2.83. The number of carbonyl (C=O) groups is 3. The minimum atomic E-state index is -1.04. The summed E-state index contributed by atoms with van der Waals surface area (Å²) in [6.07, 6.45) is 0.829. The molecule has 1 N–H and O–H groups in total. The molecule has 0 aliphatic carbocycles. The van der Waals surface area contributed by atoms with Gasteiger partial charge in [0.05, 0.1) is 0 Å². The zero-order valence-electron chi connectivity index (χ0n) is 11.5. The fourth-order valence-electron chi connectivity index (χ4n) is 1.87. The quantitative estimate of drug-likeness (QED) is 0.737. The molecular weight excluding hydrogens is 258 g/mol. The number of carbonyl (C=O) groups excluding carboxylic acids is 2. The van der Waals surface area contributed by atoms with Gasteiger partial charge in [0, 0.05) is 24.9 Å². The normalized spacial score (nSPS) is 10.1. The summed E-state index contributed by atoms with van der Waals surface area (Å²) in [4.78, 5) is 35.7. The highest BCUT2D eigenvalue weighted by Crippen LogP contribution is 2.07. The Balaban J connectivity index is 2.52. The van der Waals surface area contributed by atoms with Gasteiger partial charge in [-0.15, -0.1) is 0 Å². The first kappa shape index (κ1) is 15.9. The second kappa shape index (κ2) is 8.09. The molecule has 0 aliphatic rings. The number of hydrogen-bond acceptors (Lipinski definition) is 3. The van der Waals surface area contributed by atoms with Crippen molar-refractivity contribution in [3.05, 3.63) is 35.9 Å². The summed E-state index contributed by atoms with van der Waals surface area (Å²) in [5.41, 5.74) is 0.570. The van der Waals surface area contributed by atoms with Crippen LogP contribution < -0.4 is 0 Å². The van der Waals surface area contributed by atoms with E-state index in [4.69, 9.17) is 5.11 Å². The standard InChI is InChI=1S/C15H19NO4/c1-2-10-16(11-15(19)20)14(18)9-8-13(17)12-6-4-3-5-7-12/h3-7H,2,8-11H2,1H3,(H,19,20). The maximum absolute atomic E-state index is 11.9. The van der Waals surface area contributed by atoms with E-state index in [-0.39, 0.29) is 31.1 Å². The Morgan fingerprint density at radius 3 is 2.30 bits per heavy atom. The highest BCUT2D eigenvalue weighted by atomic mass is 16.4. The number of hydrogen-bond donors (Lipinski definition) is 1. The van der Waals surface area contributed by atoms with E-state index < -0.39 is 5.97 Å². The van der Waals surface area contributed by atoms with Crippen LogP contribution in [-0.2, 0) is 9.59 Å². The molecule has 0 heterocycles. The number of ketones is 1. The Bertz CT molecular complexity index is 470. The molecule has 5 nitrogen and oxygen atoms in total. The molecule has 0 radical (unpaired) electrons. The number of carboxylic acid groups (broad SMARTS) is 1. The van der Waals surface area contributed by atoms with Crippen molar-refractivity contribution in [2.24, 2.45) is 0 Å². The summed E-state index contributed by atoms with van der Waals surface area (Å²) in [6, 6.07) is 8.76. The van der Waals surface area contributed by atoms with Crippen molar-refractivity contribution >= 4 is 17.7 Å².